The lowest BCUT2D eigenvalue weighted by Crippen LogP contribution is -2.14. The van der Waals surface area contributed by atoms with E-state index in [9.17, 15) is 18.0 Å². The molecular weight excluding hydrogens is 337 g/mol. The normalized spacial score (nSPS) is 10.4. The molecule has 7 heteroatoms. The average Bonchev–Trinajstić information content (AvgIpc) is 2.39. The molecule has 0 heterocycles. The molecule has 3 N–H and O–H groups in total. The molecule has 20 heavy (non-hydrogen) atoms. The second-order valence-corrected chi connectivity index (χ2v) is 4.79. The van der Waals surface area contributed by atoms with Gasteiger partial charge in [0.2, 0.25) is 0 Å². The minimum Gasteiger partial charge on any atom is -0.396 e. The lowest BCUT2D eigenvalue weighted by atomic mass is 10.2. The second kappa shape index (κ2) is 5.54. The number of halogens is 4. The Kier molecular flexibility index (Phi) is 3.99. The Bertz CT molecular complexity index is 692. The van der Waals surface area contributed by atoms with Crippen LogP contribution in [0.1, 0.15) is 10.4 Å². The fourth-order valence-electron chi connectivity index (χ4n) is 1.48. The highest BCUT2D eigenvalue weighted by atomic mass is 79.9. The fourth-order valence-corrected chi connectivity index (χ4v) is 1.80. The second-order valence-electron chi connectivity index (χ2n) is 3.94. The lowest BCUT2D eigenvalue weighted by Gasteiger charge is -2.08. The van der Waals surface area contributed by atoms with Crippen molar-refractivity contribution in [1.82, 2.24) is 0 Å². The molecule has 0 unspecified atom stereocenters. The van der Waals surface area contributed by atoms with Crippen molar-refractivity contribution in [3.8, 4) is 0 Å². The summed E-state index contributed by atoms with van der Waals surface area (Å²) in [4.78, 5) is 11.8. The van der Waals surface area contributed by atoms with Crippen LogP contribution in [0.3, 0.4) is 0 Å². The van der Waals surface area contributed by atoms with Crippen LogP contribution in [0.2, 0.25) is 0 Å². The molecule has 2 aromatic rings. The summed E-state index contributed by atoms with van der Waals surface area (Å²) in [6.45, 7) is 0. The van der Waals surface area contributed by atoms with Gasteiger partial charge >= 0.3 is 0 Å². The Labute approximate surface area is 120 Å². The van der Waals surface area contributed by atoms with Crippen LogP contribution < -0.4 is 11.1 Å². The third-order valence-electron chi connectivity index (χ3n) is 2.52. The third kappa shape index (κ3) is 2.93. The third-order valence-corrected chi connectivity index (χ3v) is 3.13. The van der Waals surface area contributed by atoms with Crippen LogP contribution in [0.4, 0.5) is 24.5 Å². The molecule has 0 aliphatic carbocycles. The van der Waals surface area contributed by atoms with Crippen molar-refractivity contribution in [2.45, 2.75) is 0 Å². The molecule has 0 spiro atoms. The minimum absolute atomic E-state index is 0.0561. The van der Waals surface area contributed by atoms with Crippen molar-refractivity contribution >= 4 is 33.2 Å². The van der Waals surface area contributed by atoms with E-state index in [1.54, 1.807) is 0 Å². The molecule has 0 aliphatic heterocycles. The number of nitrogen functional groups attached to an aromatic ring is 1. The van der Waals surface area contributed by atoms with Crippen molar-refractivity contribution in [3.05, 3.63) is 57.8 Å². The van der Waals surface area contributed by atoms with Crippen LogP contribution in [-0.2, 0) is 0 Å². The van der Waals surface area contributed by atoms with Gasteiger partial charge in [-0.3, -0.25) is 4.79 Å². The lowest BCUT2D eigenvalue weighted by molar-refractivity contribution is 0.102. The Hall–Kier alpha value is -2.02. The molecule has 0 aliphatic rings. The zero-order valence-electron chi connectivity index (χ0n) is 9.88. The highest BCUT2D eigenvalue weighted by Gasteiger charge is 2.13. The number of benzene rings is 2. The molecular formula is C13H8BrF3N2O. The van der Waals surface area contributed by atoms with Gasteiger partial charge in [-0.1, -0.05) is 0 Å². The molecule has 0 saturated carbocycles. The maximum Gasteiger partial charge on any atom is 0.255 e. The van der Waals surface area contributed by atoms with E-state index >= 15 is 0 Å². The molecule has 2 aromatic carbocycles. The summed E-state index contributed by atoms with van der Waals surface area (Å²) in [5, 5.41) is 2.16. The summed E-state index contributed by atoms with van der Waals surface area (Å²) in [6.07, 6.45) is 0. The van der Waals surface area contributed by atoms with Gasteiger partial charge in [0.25, 0.3) is 5.91 Å². The van der Waals surface area contributed by atoms with Gasteiger partial charge in [0.1, 0.15) is 17.5 Å². The molecule has 3 nitrogen and oxygen atoms in total. The highest BCUT2D eigenvalue weighted by Crippen LogP contribution is 2.24. The first kappa shape index (κ1) is 14.4. The molecule has 0 bridgehead atoms. The van der Waals surface area contributed by atoms with E-state index < -0.39 is 23.4 Å². The maximum absolute atomic E-state index is 13.5. The molecule has 1 amide bonds. The van der Waals surface area contributed by atoms with Gasteiger partial charge in [0.05, 0.1) is 15.8 Å². The van der Waals surface area contributed by atoms with E-state index in [1.807, 2.05) is 0 Å². The Morgan fingerprint density at radius 1 is 1.05 bits per heavy atom. The summed E-state index contributed by atoms with van der Waals surface area (Å²) < 4.78 is 40.0. The average molecular weight is 345 g/mol. The number of hydrogen-bond acceptors (Lipinski definition) is 2. The standard InChI is InChI=1S/C13H8BrF3N2O/c14-7-4-10(17)12(5-8(7)15)19-13(20)6-1-2-11(18)9(16)3-6/h1-5H,18H2,(H,19,20). The van der Waals surface area contributed by atoms with Crippen LogP contribution in [0.15, 0.2) is 34.8 Å². The van der Waals surface area contributed by atoms with Crippen LogP contribution in [0.25, 0.3) is 0 Å². The van der Waals surface area contributed by atoms with E-state index in [2.05, 4.69) is 21.2 Å². The number of amides is 1. The van der Waals surface area contributed by atoms with Crippen molar-refractivity contribution in [1.29, 1.82) is 0 Å². The van der Waals surface area contributed by atoms with E-state index in [1.165, 1.54) is 12.1 Å². The van der Waals surface area contributed by atoms with E-state index in [-0.39, 0.29) is 21.4 Å². The number of carbonyl (C=O) groups excluding carboxylic acids is 1. The van der Waals surface area contributed by atoms with E-state index in [4.69, 9.17) is 5.73 Å². The van der Waals surface area contributed by atoms with E-state index in [0.29, 0.717) is 0 Å². The van der Waals surface area contributed by atoms with Crippen LogP contribution in [0, 0.1) is 17.5 Å². The van der Waals surface area contributed by atoms with Gasteiger partial charge in [0, 0.05) is 11.6 Å². The van der Waals surface area contributed by atoms with Gasteiger partial charge in [-0.15, -0.1) is 0 Å². The first-order valence-electron chi connectivity index (χ1n) is 5.39. The van der Waals surface area contributed by atoms with Gasteiger partial charge < -0.3 is 11.1 Å². The van der Waals surface area contributed by atoms with Gasteiger partial charge in [-0.25, -0.2) is 13.2 Å². The number of carbonyl (C=O) groups is 1. The first-order valence-corrected chi connectivity index (χ1v) is 6.18. The quantitative estimate of drug-likeness (QED) is 0.644. The molecule has 0 aromatic heterocycles. The Morgan fingerprint density at radius 2 is 1.75 bits per heavy atom. The molecule has 0 radical (unpaired) electrons. The predicted molar refractivity (Wildman–Crippen MR) is 72.8 cm³/mol. The SMILES string of the molecule is Nc1ccc(C(=O)Nc2cc(F)c(Br)cc2F)cc1F. The Morgan fingerprint density at radius 3 is 2.40 bits per heavy atom. The highest BCUT2D eigenvalue weighted by molar-refractivity contribution is 9.10. The monoisotopic (exact) mass is 344 g/mol. The number of anilines is 2. The van der Waals surface area contributed by atoms with Crippen molar-refractivity contribution in [3.63, 3.8) is 0 Å². The summed E-state index contributed by atoms with van der Waals surface area (Å²) >= 11 is 2.82. The number of hydrogen-bond donors (Lipinski definition) is 2. The smallest absolute Gasteiger partial charge is 0.255 e. The van der Waals surface area contributed by atoms with Gasteiger partial charge in [0.15, 0.2) is 0 Å². The first-order chi connectivity index (χ1) is 9.38. The summed E-state index contributed by atoms with van der Waals surface area (Å²) in [5.74, 6) is -3.09. The van der Waals surface area contributed by atoms with Crippen LogP contribution in [-0.4, -0.2) is 5.91 Å². The predicted octanol–water partition coefficient (Wildman–Crippen LogP) is 3.70. The maximum atomic E-state index is 13.5. The topological polar surface area (TPSA) is 55.1 Å². The number of nitrogens with two attached hydrogens (primary N) is 1. The van der Waals surface area contributed by atoms with Crippen LogP contribution in [0.5, 0.6) is 0 Å². The summed E-state index contributed by atoms with van der Waals surface area (Å²) in [7, 11) is 0. The zero-order chi connectivity index (χ0) is 14.9. The minimum atomic E-state index is -0.817. The largest absolute Gasteiger partial charge is 0.396 e. The summed E-state index contributed by atoms with van der Waals surface area (Å²) in [6, 6.07) is 5.11. The van der Waals surface area contributed by atoms with Crippen LogP contribution >= 0.6 is 15.9 Å². The number of nitrogens with one attached hydrogen (secondary N) is 1. The number of rotatable bonds is 2. The molecule has 104 valence electrons. The fraction of sp³-hybridized carbons (Fsp3) is 0. The molecule has 0 atom stereocenters. The van der Waals surface area contributed by atoms with Gasteiger partial charge in [-0.05, 0) is 40.2 Å². The van der Waals surface area contributed by atoms with E-state index in [0.717, 1.165) is 18.2 Å². The zero-order valence-corrected chi connectivity index (χ0v) is 11.5. The molecule has 0 saturated heterocycles. The van der Waals surface area contributed by atoms with Gasteiger partial charge in [-0.2, -0.15) is 0 Å². The molecule has 2 rings (SSSR count). The molecule has 0 fully saturated rings. The van der Waals surface area contributed by atoms with Crippen molar-refractivity contribution < 1.29 is 18.0 Å². The van der Waals surface area contributed by atoms with Crippen molar-refractivity contribution in [2.24, 2.45) is 0 Å². The Balaban J connectivity index is 2.27. The van der Waals surface area contributed by atoms with Crippen molar-refractivity contribution in [2.75, 3.05) is 11.1 Å². The summed E-state index contributed by atoms with van der Waals surface area (Å²) in [5.41, 5.74) is 4.78.